The molecule has 1 heterocycles. The maximum Gasteiger partial charge on any atom is 0.332 e. The van der Waals surface area contributed by atoms with Crippen molar-refractivity contribution in [1.29, 1.82) is 0 Å². The van der Waals surface area contributed by atoms with Crippen LogP contribution in [0.1, 0.15) is 60.4 Å². The van der Waals surface area contributed by atoms with Gasteiger partial charge in [0.1, 0.15) is 12.1 Å². The fourth-order valence-corrected chi connectivity index (χ4v) is 7.65. The van der Waals surface area contributed by atoms with Gasteiger partial charge in [-0.25, -0.2) is 8.61 Å². The van der Waals surface area contributed by atoms with Crippen LogP contribution >= 0.6 is 0 Å². The molecule has 1 aliphatic heterocycles. The molecule has 0 aromatic heterocycles. The van der Waals surface area contributed by atoms with Gasteiger partial charge in [0.05, 0.1) is 24.0 Å². The lowest BCUT2D eigenvalue weighted by molar-refractivity contribution is -0.137. The standard InChI is InChI=1S/C34H34N2O6S/c1-23(31(37)27-19-11-5-12-20-27)33(39)35-29(25-15-7-3-8-16-25)30(26-17-9-4-10-18-26)36(43(35,41)42)34(40)24(2)32(38)28-21-13-6-14-22-28/h3-24,29-32,37-38H,1-2H3/t23-,24-,29-,30-,31-,32-/m0/s1. The van der Waals surface area contributed by atoms with Crippen molar-refractivity contribution in [2.75, 3.05) is 0 Å². The highest BCUT2D eigenvalue weighted by Gasteiger charge is 2.58. The number of carbonyl (C=O) groups excluding carboxylic acids is 2. The minimum absolute atomic E-state index is 0.461. The first-order valence-corrected chi connectivity index (χ1v) is 15.5. The van der Waals surface area contributed by atoms with Crippen LogP contribution < -0.4 is 0 Å². The SMILES string of the molecule is C[C@H](C(=O)N1[C@@H](c2ccccc2)[C@H](c2ccccc2)N(C(=O)[C@@H](C)[C@H](O)c2ccccc2)S1(=O)=O)[C@H](O)c1ccccc1. The first-order chi connectivity index (χ1) is 20.6. The van der Waals surface area contributed by atoms with Gasteiger partial charge in [0.15, 0.2) is 0 Å². The van der Waals surface area contributed by atoms with Gasteiger partial charge < -0.3 is 10.2 Å². The van der Waals surface area contributed by atoms with Crippen molar-refractivity contribution in [1.82, 2.24) is 8.61 Å². The molecule has 0 unspecified atom stereocenters. The van der Waals surface area contributed by atoms with Crippen LogP contribution in [0.25, 0.3) is 0 Å². The van der Waals surface area contributed by atoms with E-state index in [-0.39, 0.29) is 0 Å². The van der Waals surface area contributed by atoms with Crippen molar-refractivity contribution in [3.8, 4) is 0 Å². The van der Waals surface area contributed by atoms with Crippen molar-refractivity contribution >= 4 is 22.0 Å². The minimum atomic E-state index is -4.80. The largest absolute Gasteiger partial charge is 0.388 e. The van der Waals surface area contributed by atoms with Gasteiger partial charge in [-0.05, 0) is 22.3 Å². The average Bonchev–Trinajstić information content (AvgIpc) is 3.31. The third-order valence-electron chi connectivity index (χ3n) is 8.03. The Morgan fingerprint density at radius 2 is 0.837 bits per heavy atom. The van der Waals surface area contributed by atoms with Crippen molar-refractivity contribution in [3.63, 3.8) is 0 Å². The highest BCUT2D eigenvalue weighted by atomic mass is 32.2. The number of hydrogen-bond acceptors (Lipinski definition) is 6. The zero-order valence-corrected chi connectivity index (χ0v) is 24.7. The summed E-state index contributed by atoms with van der Waals surface area (Å²) in [5.41, 5.74) is 1.93. The molecule has 0 saturated carbocycles. The first kappa shape index (κ1) is 30.2. The van der Waals surface area contributed by atoms with Crippen LogP contribution in [0.3, 0.4) is 0 Å². The highest BCUT2D eigenvalue weighted by molar-refractivity contribution is 7.88. The Balaban J connectivity index is 1.65. The van der Waals surface area contributed by atoms with Crippen LogP contribution in [0.5, 0.6) is 0 Å². The molecule has 4 aromatic rings. The summed E-state index contributed by atoms with van der Waals surface area (Å²) < 4.78 is 30.5. The molecule has 43 heavy (non-hydrogen) atoms. The second kappa shape index (κ2) is 12.5. The normalized spacial score (nSPS) is 20.7. The Kier molecular flexibility index (Phi) is 8.77. The Bertz CT molecular complexity index is 1530. The molecule has 2 amide bonds. The van der Waals surface area contributed by atoms with Crippen LogP contribution in [0.2, 0.25) is 0 Å². The summed E-state index contributed by atoms with van der Waals surface area (Å²) in [6, 6.07) is 32.2. The van der Waals surface area contributed by atoms with E-state index in [1.165, 1.54) is 13.8 Å². The summed E-state index contributed by atoms with van der Waals surface area (Å²) in [5.74, 6) is -4.03. The predicted molar refractivity (Wildman–Crippen MR) is 162 cm³/mol. The number of aliphatic hydroxyl groups excluding tert-OH is 2. The topological polar surface area (TPSA) is 115 Å². The number of aliphatic hydroxyl groups is 2. The van der Waals surface area contributed by atoms with Crippen molar-refractivity contribution in [2.24, 2.45) is 11.8 Å². The van der Waals surface area contributed by atoms with E-state index in [0.29, 0.717) is 22.3 Å². The number of nitrogens with zero attached hydrogens (tertiary/aromatic N) is 2. The second-order valence-corrected chi connectivity index (χ2v) is 12.5. The summed E-state index contributed by atoms with van der Waals surface area (Å²) in [5, 5.41) is 22.3. The molecule has 8 nitrogen and oxygen atoms in total. The highest BCUT2D eigenvalue weighted by Crippen LogP contribution is 2.50. The molecule has 1 fully saturated rings. The van der Waals surface area contributed by atoms with Gasteiger partial charge in [0.2, 0.25) is 11.8 Å². The van der Waals surface area contributed by atoms with Gasteiger partial charge in [-0.2, -0.15) is 8.42 Å². The number of rotatable bonds is 8. The minimum Gasteiger partial charge on any atom is -0.388 e. The molecule has 6 atom stereocenters. The van der Waals surface area contributed by atoms with E-state index in [1.54, 1.807) is 121 Å². The number of benzene rings is 4. The molecular formula is C34H34N2O6S. The summed E-state index contributed by atoms with van der Waals surface area (Å²) in [7, 11) is -4.80. The fraction of sp³-hybridized carbons (Fsp3) is 0.235. The zero-order valence-electron chi connectivity index (χ0n) is 23.8. The molecule has 1 aliphatic rings. The number of amides is 2. The molecule has 9 heteroatoms. The second-order valence-electron chi connectivity index (χ2n) is 10.8. The van der Waals surface area contributed by atoms with Gasteiger partial charge in [-0.1, -0.05) is 135 Å². The summed E-state index contributed by atoms with van der Waals surface area (Å²) in [4.78, 5) is 28.5. The van der Waals surface area contributed by atoms with E-state index in [1.807, 2.05) is 0 Å². The van der Waals surface area contributed by atoms with E-state index >= 15 is 0 Å². The lowest BCUT2D eigenvalue weighted by atomic mass is 9.90. The number of carbonyl (C=O) groups is 2. The predicted octanol–water partition coefficient (Wildman–Crippen LogP) is 5.12. The zero-order chi connectivity index (χ0) is 30.7. The lowest BCUT2D eigenvalue weighted by Crippen LogP contribution is -2.45. The van der Waals surface area contributed by atoms with Gasteiger partial charge in [0.25, 0.3) is 0 Å². The van der Waals surface area contributed by atoms with Crippen molar-refractivity contribution in [2.45, 2.75) is 38.1 Å². The van der Waals surface area contributed by atoms with Crippen LogP contribution in [0.15, 0.2) is 121 Å². The van der Waals surface area contributed by atoms with Gasteiger partial charge >= 0.3 is 10.2 Å². The van der Waals surface area contributed by atoms with E-state index in [9.17, 15) is 28.2 Å². The lowest BCUT2D eigenvalue weighted by Gasteiger charge is -2.29. The van der Waals surface area contributed by atoms with Crippen LogP contribution in [0, 0.1) is 11.8 Å². The van der Waals surface area contributed by atoms with Gasteiger partial charge in [0, 0.05) is 0 Å². The maximum absolute atomic E-state index is 14.5. The Hall–Kier alpha value is -4.31. The van der Waals surface area contributed by atoms with E-state index in [0.717, 1.165) is 8.61 Å². The third kappa shape index (κ3) is 5.71. The van der Waals surface area contributed by atoms with Crippen molar-refractivity contribution < 1.29 is 28.2 Å². The molecule has 0 spiro atoms. The van der Waals surface area contributed by atoms with E-state index in [2.05, 4.69) is 0 Å². The molecule has 2 N–H and O–H groups in total. The van der Waals surface area contributed by atoms with E-state index in [4.69, 9.17) is 0 Å². The molecule has 5 rings (SSSR count). The quantitative estimate of drug-likeness (QED) is 0.291. The monoisotopic (exact) mass is 598 g/mol. The maximum atomic E-state index is 14.5. The fourth-order valence-electron chi connectivity index (χ4n) is 5.62. The summed E-state index contributed by atoms with van der Waals surface area (Å²) >= 11 is 0. The Labute approximate surface area is 252 Å². The summed E-state index contributed by atoms with van der Waals surface area (Å²) in [6.07, 6.45) is -2.59. The van der Waals surface area contributed by atoms with Gasteiger partial charge in [-0.15, -0.1) is 0 Å². The van der Waals surface area contributed by atoms with E-state index < -0.39 is 58.2 Å². The molecule has 4 aromatic carbocycles. The molecule has 0 bridgehead atoms. The number of hydrogen-bond donors (Lipinski definition) is 2. The average molecular weight is 599 g/mol. The Morgan fingerprint density at radius 1 is 0.558 bits per heavy atom. The Morgan fingerprint density at radius 3 is 1.14 bits per heavy atom. The molecule has 0 aliphatic carbocycles. The molecule has 222 valence electrons. The van der Waals surface area contributed by atoms with Crippen LogP contribution in [-0.4, -0.2) is 39.1 Å². The van der Waals surface area contributed by atoms with Crippen LogP contribution in [0.4, 0.5) is 0 Å². The van der Waals surface area contributed by atoms with Crippen molar-refractivity contribution in [3.05, 3.63) is 144 Å². The van der Waals surface area contributed by atoms with Crippen LogP contribution in [-0.2, 0) is 19.8 Å². The summed E-state index contributed by atoms with van der Waals surface area (Å²) in [6.45, 7) is 2.95. The molecule has 0 radical (unpaired) electrons. The van der Waals surface area contributed by atoms with Gasteiger partial charge in [-0.3, -0.25) is 9.59 Å². The molecule has 1 saturated heterocycles. The smallest absolute Gasteiger partial charge is 0.332 e. The third-order valence-corrected chi connectivity index (χ3v) is 9.83. The molecular weight excluding hydrogens is 564 g/mol. The first-order valence-electron chi connectivity index (χ1n) is 14.1.